The van der Waals surface area contributed by atoms with Gasteiger partial charge in [-0.3, -0.25) is 0 Å². The molecule has 0 fully saturated rings. The molecule has 0 bridgehead atoms. The summed E-state index contributed by atoms with van der Waals surface area (Å²) in [6, 6.07) is 71.8. The molecule has 2 heteroatoms. The van der Waals surface area contributed by atoms with E-state index < -0.39 is 0 Å². The number of hydrogen-bond donors (Lipinski definition) is 0. The highest BCUT2D eigenvalue weighted by Crippen LogP contribution is 2.49. The van der Waals surface area contributed by atoms with Crippen LogP contribution in [-0.4, -0.2) is 0 Å². The Morgan fingerprint density at radius 3 is 1.41 bits per heavy atom. The van der Waals surface area contributed by atoms with E-state index in [0.29, 0.717) is 0 Å². The average Bonchev–Trinajstić information content (AvgIpc) is 3.37. The standard InChI is InChI=1S/C62H44N2/c1-3-41-27-31-45(32-28-41)63(59-25-13-17-43-15-5-7-19-49(43)59)47-35-37-53-51-21-9-12-24-56(51)62-58-40-48(36-38-54(58)52-22-10-11-23-55(52)61(62)57(53)39-47)64(46-33-29-42(4-2)30-34-46)60-26-14-18-44-16-6-8-20-50(44)60/h3-7,9-19,21-40H,1-2,8,20H2. The van der Waals surface area contributed by atoms with Gasteiger partial charge in [-0.05, 0) is 155 Å². The number of allylic oxidation sites excluding steroid dienone is 1. The molecular formula is C62H44N2. The number of nitrogens with zero attached hydrogens (tertiary/aromatic N) is 2. The zero-order valence-corrected chi connectivity index (χ0v) is 35.5. The first-order valence-electron chi connectivity index (χ1n) is 22.2. The highest BCUT2D eigenvalue weighted by molar-refractivity contribution is 6.40. The summed E-state index contributed by atoms with van der Waals surface area (Å²) in [7, 11) is 0. The Morgan fingerprint density at radius 2 is 0.828 bits per heavy atom. The van der Waals surface area contributed by atoms with Gasteiger partial charge in [0.25, 0.3) is 0 Å². The van der Waals surface area contributed by atoms with E-state index in [9.17, 15) is 0 Å². The minimum atomic E-state index is 0.998. The summed E-state index contributed by atoms with van der Waals surface area (Å²) in [6.45, 7) is 8.09. The van der Waals surface area contributed by atoms with Crippen LogP contribution in [-0.2, 0) is 6.42 Å². The number of hydrogen-bond acceptors (Lipinski definition) is 2. The van der Waals surface area contributed by atoms with Crippen molar-refractivity contribution >= 4 is 117 Å². The van der Waals surface area contributed by atoms with Crippen LogP contribution in [0.25, 0.3) is 82.9 Å². The molecule has 0 spiro atoms. The second-order valence-electron chi connectivity index (χ2n) is 16.8. The molecule has 64 heavy (non-hydrogen) atoms. The SMILES string of the molecule is C=Cc1ccc(N(c2ccc3c4ccccc4c4c5cc(N(c6ccc(C=C)cc6)c6cccc7ccccc67)ccc5c5ccccc5c4c3c2)c2cccc3c2CCC=C3)cc1. The van der Waals surface area contributed by atoms with Gasteiger partial charge in [0.05, 0.1) is 5.69 Å². The summed E-state index contributed by atoms with van der Waals surface area (Å²) in [5.74, 6) is 0. The van der Waals surface area contributed by atoms with Gasteiger partial charge in [-0.1, -0.05) is 171 Å². The van der Waals surface area contributed by atoms with Gasteiger partial charge in [-0.15, -0.1) is 0 Å². The molecule has 2 nitrogen and oxygen atoms in total. The molecule has 1 aliphatic rings. The Labute approximate surface area is 373 Å². The third-order valence-corrected chi connectivity index (χ3v) is 13.4. The fourth-order valence-corrected chi connectivity index (χ4v) is 10.4. The van der Waals surface area contributed by atoms with Crippen molar-refractivity contribution in [3.63, 3.8) is 0 Å². The summed E-state index contributed by atoms with van der Waals surface area (Å²) < 4.78 is 0. The Bertz CT molecular complexity index is 3700. The van der Waals surface area contributed by atoms with Crippen LogP contribution in [0.15, 0.2) is 213 Å². The van der Waals surface area contributed by atoms with Gasteiger partial charge in [0.2, 0.25) is 0 Å². The molecule has 0 aliphatic heterocycles. The van der Waals surface area contributed by atoms with E-state index in [2.05, 4.69) is 229 Å². The van der Waals surface area contributed by atoms with Crippen LogP contribution < -0.4 is 9.80 Å². The van der Waals surface area contributed by atoms with Crippen molar-refractivity contribution in [1.82, 2.24) is 0 Å². The molecule has 0 atom stereocenters. The molecule has 0 saturated heterocycles. The zero-order chi connectivity index (χ0) is 42.7. The molecule has 302 valence electrons. The number of anilines is 6. The van der Waals surface area contributed by atoms with E-state index in [4.69, 9.17) is 0 Å². The van der Waals surface area contributed by atoms with Gasteiger partial charge in [0.15, 0.2) is 0 Å². The topological polar surface area (TPSA) is 6.48 Å². The fourth-order valence-electron chi connectivity index (χ4n) is 10.4. The predicted molar refractivity (Wildman–Crippen MR) is 278 cm³/mol. The third-order valence-electron chi connectivity index (χ3n) is 13.4. The molecule has 0 radical (unpaired) electrons. The minimum absolute atomic E-state index is 0.998. The maximum atomic E-state index is 4.05. The molecule has 11 aromatic rings. The Hall–Kier alpha value is -8.20. The van der Waals surface area contributed by atoms with Crippen molar-refractivity contribution < 1.29 is 0 Å². The first-order valence-corrected chi connectivity index (χ1v) is 22.2. The normalized spacial score (nSPS) is 12.3. The van der Waals surface area contributed by atoms with E-state index in [1.165, 1.54) is 81.4 Å². The molecule has 0 unspecified atom stereocenters. The molecule has 0 aromatic heterocycles. The molecular weight excluding hydrogens is 773 g/mol. The van der Waals surface area contributed by atoms with Crippen molar-refractivity contribution in [2.75, 3.05) is 9.80 Å². The Balaban J connectivity index is 1.18. The van der Waals surface area contributed by atoms with E-state index in [0.717, 1.165) is 52.4 Å². The van der Waals surface area contributed by atoms with Gasteiger partial charge in [-0.2, -0.15) is 0 Å². The Kier molecular flexibility index (Phi) is 8.98. The lowest BCUT2D eigenvalue weighted by atomic mass is 9.86. The Morgan fingerprint density at radius 1 is 0.375 bits per heavy atom. The fraction of sp³-hybridized carbons (Fsp3) is 0.0323. The lowest BCUT2D eigenvalue weighted by Crippen LogP contribution is -2.13. The summed E-state index contributed by atoms with van der Waals surface area (Å²) in [5.41, 5.74) is 11.6. The molecule has 0 heterocycles. The molecule has 0 saturated carbocycles. The second-order valence-corrected chi connectivity index (χ2v) is 16.8. The van der Waals surface area contributed by atoms with Gasteiger partial charge in [0.1, 0.15) is 0 Å². The average molecular weight is 817 g/mol. The molecule has 0 N–H and O–H groups in total. The van der Waals surface area contributed by atoms with Crippen molar-refractivity contribution in [3.8, 4) is 0 Å². The van der Waals surface area contributed by atoms with E-state index in [1.54, 1.807) is 0 Å². The summed E-state index contributed by atoms with van der Waals surface area (Å²) in [4.78, 5) is 4.88. The van der Waals surface area contributed by atoms with Gasteiger partial charge in [-0.25, -0.2) is 0 Å². The second kappa shape index (κ2) is 15.3. The largest absolute Gasteiger partial charge is 0.310 e. The number of rotatable bonds is 8. The van der Waals surface area contributed by atoms with Crippen molar-refractivity contribution in [3.05, 3.63) is 236 Å². The summed E-state index contributed by atoms with van der Waals surface area (Å²) in [5, 5.41) is 14.9. The summed E-state index contributed by atoms with van der Waals surface area (Å²) >= 11 is 0. The van der Waals surface area contributed by atoms with Crippen LogP contribution in [0.5, 0.6) is 0 Å². The highest BCUT2D eigenvalue weighted by atomic mass is 15.1. The molecule has 1 aliphatic carbocycles. The van der Waals surface area contributed by atoms with Gasteiger partial charge >= 0.3 is 0 Å². The first kappa shape index (κ1) is 37.6. The predicted octanol–water partition coefficient (Wildman–Crippen LogP) is 17.8. The van der Waals surface area contributed by atoms with Crippen LogP contribution in [0.3, 0.4) is 0 Å². The smallest absolute Gasteiger partial charge is 0.0540 e. The monoisotopic (exact) mass is 816 g/mol. The van der Waals surface area contributed by atoms with Crippen LogP contribution in [0.1, 0.15) is 28.7 Å². The third kappa shape index (κ3) is 6.02. The highest BCUT2D eigenvalue weighted by Gasteiger charge is 2.23. The number of fused-ring (bicyclic) bond motifs is 13. The minimum Gasteiger partial charge on any atom is -0.310 e. The molecule has 11 aromatic carbocycles. The van der Waals surface area contributed by atoms with Crippen LogP contribution in [0.4, 0.5) is 34.1 Å². The quantitative estimate of drug-likeness (QED) is 0.141. The van der Waals surface area contributed by atoms with Crippen LogP contribution in [0.2, 0.25) is 0 Å². The maximum Gasteiger partial charge on any atom is 0.0540 e. The van der Waals surface area contributed by atoms with Crippen molar-refractivity contribution in [2.45, 2.75) is 12.8 Å². The van der Waals surface area contributed by atoms with E-state index in [-0.39, 0.29) is 0 Å². The maximum absolute atomic E-state index is 4.05. The lowest BCUT2D eigenvalue weighted by Gasteiger charge is -2.30. The summed E-state index contributed by atoms with van der Waals surface area (Å²) in [6.07, 6.45) is 10.4. The lowest BCUT2D eigenvalue weighted by molar-refractivity contribution is 0.979. The zero-order valence-electron chi connectivity index (χ0n) is 35.5. The number of benzene rings is 11. The van der Waals surface area contributed by atoms with E-state index >= 15 is 0 Å². The van der Waals surface area contributed by atoms with Crippen LogP contribution in [0, 0.1) is 0 Å². The van der Waals surface area contributed by atoms with Crippen LogP contribution >= 0.6 is 0 Å². The van der Waals surface area contributed by atoms with Gasteiger partial charge in [0, 0.05) is 33.8 Å². The molecule has 0 amide bonds. The first-order chi connectivity index (χ1) is 31.7. The van der Waals surface area contributed by atoms with Crippen molar-refractivity contribution in [1.29, 1.82) is 0 Å². The van der Waals surface area contributed by atoms with Crippen molar-refractivity contribution in [2.24, 2.45) is 0 Å². The molecule has 12 rings (SSSR count). The van der Waals surface area contributed by atoms with Gasteiger partial charge < -0.3 is 9.80 Å². The van der Waals surface area contributed by atoms with E-state index in [1.807, 2.05) is 12.2 Å².